The van der Waals surface area contributed by atoms with Crippen molar-refractivity contribution in [2.24, 2.45) is 0 Å². The lowest BCUT2D eigenvalue weighted by Crippen LogP contribution is -2.30. The van der Waals surface area contributed by atoms with E-state index in [-0.39, 0.29) is 5.41 Å². The van der Waals surface area contributed by atoms with Crippen molar-refractivity contribution < 1.29 is 4.52 Å². The van der Waals surface area contributed by atoms with Gasteiger partial charge in [-0.3, -0.25) is 9.88 Å². The second kappa shape index (κ2) is 9.67. The molecule has 0 saturated carbocycles. The predicted octanol–water partition coefficient (Wildman–Crippen LogP) is 6.17. The zero-order valence-electron chi connectivity index (χ0n) is 19.9. The van der Waals surface area contributed by atoms with Gasteiger partial charge in [0, 0.05) is 47.4 Å². The maximum Gasteiger partial charge on any atom is 0.183 e. The first kappa shape index (κ1) is 22.9. The Bertz CT molecular complexity index is 1050. The van der Waals surface area contributed by atoms with Crippen molar-refractivity contribution in [1.82, 2.24) is 15.0 Å². The largest absolute Gasteiger partial charge is 0.358 e. The average Bonchev–Trinajstić information content (AvgIpc) is 3.21. The summed E-state index contributed by atoms with van der Waals surface area (Å²) in [5.41, 5.74) is 6.41. The third-order valence-corrected chi connectivity index (χ3v) is 6.80. The number of hydrogen-bond acceptors (Lipinski definition) is 6. The molecule has 170 valence electrons. The Labute approximate surface area is 196 Å². The topological polar surface area (TPSA) is 54.2 Å². The number of aromatic nitrogens is 2. The summed E-state index contributed by atoms with van der Waals surface area (Å²) in [6.07, 6.45) is 5.00. The normalized spacial score (nSPS) is 14.4. The van der Waals surface area contributed by atoms with Crippen LogP contribution in [0.15, 0.2) is 45.9 Å². The van der Waals surface area contributed by atoms with E-state index in [1.165, 1.54) is 21.6 Å². The zero-order chi connectivity index (χ0) is 22.7. The summed E-state index contributed by atoms with van der Waals surface area (Å²) in [5, 5.41) is 4.31. The Hall–Kier alpha value is -2.31. The Morgan fingerprint density at radius 1 is 1.09 bits per heavy atom. The highest BCUT2D eigenvalue weighted by Crippen LogP contribution is 2.33. The minimum atomic E-state index is -0.0510. The van der Waals surface area contributed by atoms with E-state index in [9.17, 15) is 0 Å². The number of pyridine rings is 1. The molecule has 0 radical (unpaired) electrons. The summed E-state index contributed by atoms with van der Waals surface area (Å²) < 4.78 is 9.11. The van der Waals surface area contributed by atoms with Crippen molar-refractivity contribution in [3.63, 3.8) is 0 Å². The third-order valence-electron chi connectivity index (χ3n) is 6.01. The number of fused-ring (bicyclic) bond motifs is 1. The van der Waals surface area contributed by atoms with Crippen molar-refractivity contribution in [3.8, 4) is 0 Å². The van der Waals surface area contributed by atoms with Gasteiger partial charge < -0.3 is 9.25 Å². The van der Waals surface area contributed by atoms with E-state index in [1.807, 2.05) is 6.20 Å². The molecule has 0 fully saturated rings. The SMILES string of the molecule is CCc1ccc(CN2CCc3ccc(SNc4noc(C(C)(C)C)c4CC)cc3C2)cn1. The van der Waals surface area contributed by atoms with Gasteiger partial charge in [0.05, 0.1) is 0 Å². The predicted molar refractivity (Wildman–Crippen MR) is 132 cm³/mol. The highest BCUT2D eigenvalue weighted by atomic mass is 32.2. The van der Waals surface area contributed by atoms with Crippen LogP contribution in [0.5, 0.6) is 0 Å². The summed E-state index contributed by atoms with van der Waals surface area (Å²) in [5.74, 6) is 1.80. The Morgan fingerprint density at radius 3 is 2.62 bits per heavy atom. The van der Waals surface area contributed by atoms with Gasteiger partial charge in [0.25, 0.3) is 0 Å². The Kier molecular flexibility index (Phi) is 6.91. The van der Waals surface area contributed by atoms with E-state index >= 15 is 0 Å². The van der Waals surface area contributed by atoms with Crippen LogP contribution in [-0.4, -0.2) is 21.6 Å². The fourth-order valence-electron chi connectivity index (χ4n) is 4.22. The van der Waals surface area contributed by atoms with Crippen LogP contribution in [0.2, 0.25) is 0 Å². The Balaban J connectivity index is 1.42. The molecule has 5 nitrogen and oxygen atoms in total. The van der Waals surface area contributed by atoms with E-state index in [0.717, 1.165) is 61.7 Å². The summed E-state index contributed by atoms with van der Waals surface area (Å²) in [6.45, 7) is 13.8. The summed E-state index contributed by atoms with van der Waals surface area (Å²) in [7, 11) is 0. The molecule has 1 aliphatic heterocycles. The molecular formula is C26H34N4OS. The van der Waals surface area contributed by atoms with Crippen LogP contribution in [0.3, 0.4) is 0 Å². The van der Waals surface area contributed by atoms with Crippen molar-refractivity contribution in [2.45, 2.75) is 77.3 Å². The fourth-order valence-corrected chi connectivity index (χ4v) is 4.93. The highest BCUT2D eigenvalue weighted by Gasteiger charge is 2.26. The highest BCUT2D eigenvalue weighted by molar-refractivity contribution is 8.00. The van der Waals surface area contributed by atoms with E-state index in [2.05, 4.69) is 84.7 Å². The van der Waals surface area contributed by atoms with Gasteiger partial charge in [-0.05, 0) is 66.1 Å². The van der Waals surface area contributed by atoms with Crippen LogP contribution in [0.25, 0.3) is 0 Å². The van der Waals surface area contributed by atoms with Crippen molar-refractivity contribution >= 4 is 17.8 Å². The molecule has 6 heteroatoms. The molecule has 3 heterocycles. The van der Waals surface area contributed by atoms with Gasteiger partial charge in [0.2, 0.25) is 0 Å². The molecule has 1 aromatic carbocycles. The van der Waals surface area contributed by atoms with Gasteiger partial charge in [0.15, 0.2) is 5.82 Å². The van der Waals surface area contributed by atoms with Crippen molar-refractivity contribution in [1.29, 1.82) is 0 Å². The molecule has 2 aromatic heterocycles. The monoisotopic (exact) mass is 450 g/mol. The summed E-state index contributed by atoms with van der Waals surface area (Å²) in [4.78, 5) is 8.26. The van der Waals surface area contributed by atoms with Gasteiger partial charge in [-0.15, -0.1) is 0 Å². The molecule has 1 N–H and O–H groups in total. The minimum absolute atomic E-state index is 0.0510. The number of hydrogen-bond donors (Lipinski definition) is 1. The summed E-state index contributed by atoms with van der Waals surface area (Å²) >= 11 is 1.61. The maximum atomic E-state index is 5.68. The van der Waals surface area contributed by atoms with Gasteiger partial charge in [-0.1, -0.05) is 51.9 Å². The molecule has 1 aliphatic rings. The van der Waals surface area contributed by atoms with Gasteiger partial charge in [0.1, 0.15) is 5.76 Å². The minimum Gasteiger partial charge on any atom is -0.358 e. The number of benzene rings is 1. The molecule has 32 heavy (non-hydrogen) atoms. The average molecular weight is 451 g/mol. The first-order valence-corrected chi connectivity index (χ1v) is 12.4. The molecular weight excluding hydrogens is 416 g/mol. The van der Waals surface area contributed by atoms with E-state index < -0.39 is 0 Å². The standard InChI is InChI=1S/C26H34N4OS/c1-6-21-10-8-18(15-27-21)16-30-13-12-19-9-11-22(14-20(19)17-30)32-29-25-23(7-2)24(31-28-25)26(3,4)5/h8-11,14-15H,6-7,12-13,16-17H2,1-5H3,(H,28,29). The molecule has 0 unspecified atom stereocenters. The second-order valence-corrected chi connectivity index (χ2v) is 10.4. The molecule has 3 aromatic rings. The molecule has 4 rings (SSSR count). The van der Waals surface area contributed by atoms with Crippen LogP contribution in [0.1, 0.15) is 68.3 Å². The zero-order valence-corrected chi connectivity index (χ0v) is 20.7. The van der Waals surface area contributed by atoms with Crippen LogP contribution in [-0.2, 0) is 37.8 Å². The number of aryl methyl sites for hydroxylation is 1. The maximum absolute atomic E-state index is 5.68. The lowest BCUT2D eigenvalue weighted by atomic mass is 9.89. The van der Waals surface area contributed by atoms with Gasteiger partial charge in [-0.2, -0.15) is 0 Å². The number of rotatable bonds is 7. The lowest BCUT2D eigenvalue weighted by Gasteiger charge is -2.29. The second-order valence-electron chi connectivity index (χ2n) is 9.55. The van der Waals surface area contributed by atoms with Crippen LogP contribution >= 0.6 is 11.9 Å². The van der Waals surface area contributed by atoms with E-state index in [1.54, 1.807) is 11.9 Å². The van der Waals surface area contributed by atoms with Crippen LogP contribution < -0.4 is 4.72 Å². The molecule has 0 spiro atoms. The smallest absolute Gasteiger partial charge is 0.183 e. The lowest BCUT2D eigenvalue weighted by molar-refractivity contribution is 0.245. The van der Waals surface area contributed by atoms with Crippen LogP contribution in [0.4, 0.5) is 5.82 Å². The van der Waals surface area contributed by atoms with Crippen molar-refractivity contribution in [2.75, 3.05) is 11.3 Å². The number of anilines is 1. The van der Waals surface area contributed by atoms with E-state index in [4.69, 9.17) is 4.52 Å². The van der Waals surface area contributed by atoms with Gasteiger partial charge in [-0.25, -0.2) is 0 Å². The quantitative estimate of drug-likeness (QED) is 0.435. The van der Waals surface area contributed by atoms with E-state index in [0.29, 0.717) is 0 Å². The fraction of sp³-hybridized carbons (Fsp3) is 0.462. The molecule has 0 atom stereocenters. The third kappa shape index (κ3) is 5.18. The molecule has 0 saturated heterocycles. The first-order valence-electron chi connectivity index (χ1n) is 11.6. The molecule has 0 bridgehead atoms. The number of nitrogens with one attached hydrogen (secondary N) is 1. The van der Waals surface area contributed by atoms with Crippen LogP contribution in [0, 0.1) is 0 Å². The molecule has 0 aliphatic carbocycles. The number of nitrogens with zero attached hydrogens (tertiary/aromatic N) is 3. The molecule has 0 amide bonds. The Morgan fingerprint density at radius 2 is 1.94 bits per heavy atom. The van der Waals surface area contributed by atoms with Gasteiger partial charge >= 0.3 is 0 Å². The first-order chi connectivity index (χ1) is 15.4. The van der Waals surface area contributed by atoms with Crippen molar-refractivity contribution in [3.05, 3.63) is 70.2 Å². The summed E-state index contributed by atoms with van der Waals surface area (Å²) in [6, 6.07) is 11.2.